The van der Waals surface area contributed by atoms with Gasteiger partial charge in [-0.25, -0.2) is 4.98 Å². The van der Waals surface area contributed by atoms with Gasteiger partial charge in [-0.2, -0.15) is 9.78 Å². The SMILES string of the molecule is Cc1[nH]c2ccccc2c1/C=N/n1c(C)nc2sccc2c1=O. The van der Waals surface area contributed by atoms with Crippen LogP contribution >= 0.6 is 11.3 Å². The van der Waals surface area contributed by atoms with Gasteiger partial charge in [0.15, 0.2) is 0 Å². The number of hydrogen-bond donors (Lipinski definition) is 1. The molecule has 0 radical (unpaired) electrons. The molecule has 23 heavy (non-hydrogen) atoms. The van der Waals surface area contributed by atoms with Crippen molar-refractivity contribution < 1.29 is 0 Å². The highest BCUT2D eigenvalue weighted by Crippen LogP contribution is 2.20. The van der Waals surface area contributed by atoms with Crippen molar-refractivity contribution in [3.05, 3.63) is 63.1 Å². The maximum absolute atomic E-state index is 12.5. The number of hydrogen-bond acceptors (Lipinski definition) is 4. The van der Waals surface area contributed by atoms with Crippen molar-refractivity contribution in [3.63, 3.8) is 0 Å². The lowest BCUT2D eigenvalue weighted by molar-refractivity contribution is 0.772. The summed E-state index contributed by atoms with van der Waals surface area (Å²) in [6, 6.07) is 9.83. The van der Waals surface area contributed by atoms with Crippen molar-refractivity contribution >= 4 is 38.7 Å². The molecule has 6 heteroatoms. The molecule has 0 amide bonds. The molecule has 0 atom stereocenters. The van der Waals surface area contributed by atoms with Gasteiger partial charge in [-0.05, 0) is 31.4 Å². The molecule has 1 aromatic carbocycles. The smallest absolute Gasteiger partial charge is 0.282 e. The minimum atomic E-state index is -0.137. The van der Waals surface area contributed by atoms with Gasteiger partial charge in [0.1, 0.15) is 10.7 Å². The minimum absolute atomic E-state index is 0.137. The van der Waals surface area contributed by atoms with Crippen molar-refractivity contribution in [1.29, 1.82) is 0 Å². The number of nitrogens with zero attached hydrogens (tertiary/aromatic N) is 3. The van der Waals surface area contributed by atoms with E-state index in [9.17, 15) is 4.79 Å². The third kappa shape index (κ3) is 2.19. The van der Waals surface area contributed by atoms with E-state index in [2.05, 4.69) is 15.1 Å². The summed E-state index contributed by atoms with van der Waals surface area (Å²) in [6.45, 7) is 3.79. The Hall–Kier alpha value is -2.73. The van der Waals surface area contributed by atoms with Crippen molar-refractivity contribution in [1.82, 2.24) is 14.6 Å². The molecule has 0 unspecified atom stereocenters. The Balaban J connectivity index is 1.88. The summed E-state index contributed by atoms with van der Waals surface area (Å²) in [6.07, 6.45) is 1.72. The van der Waals surface area contributed by atoms with Crippen LogP contribution in [0.2, 0.25) is 0 Å². The quantitative estimate of drug-likeness (QED) is 0.575. The fraction of sp³-hybridized carbons (Fsp3) is 0.118. The maximum Gasteiger partial charge on any atom is 0.282 e. The van der Waals surface area contributed by atoms with Crippen molar-refractivity contribution in [3.8, 4) is 0 Å². The molecule has 114 valence electrons. The predicted molar refractivity (Wildman–Crippen MR) is 94.6 cm³/mol. The summed E-state index contributed by atoms with van der Waals surface area (Å²) >= 11 is 1.46. The molecule has 5 nitrogen and oxygen atoms in total. The van der Waals surface area contributed by atoms with E-state index in [1.165, 1.54) is 16.0 Å². The van der Waals surface area contributed by atoms with Crippen LogP contribution in [0.1, 0.15) is 17.1 Å². The van der Waals surface area contributed by atoms with E-state index >= 15 is 0 Å². The summed E-state index contributed by atoms with van der Waals surface area (Å²) in [5.74, 6) is 0.582. The van der Waals surface area contributed by atoms with Gasteiger partial charge in [0.2, 0.25) is 0 Å². The molecule has 3 aromatic heterocycles. The molecule has 4 rings (SSSR count). The van der Waals surface area contributed by atoms with E-state index in [1.54, 1.807) is 19.2 Å². The molecule has 0 aliphatic rings. The normalized spacial score (nSPS) is 11.9. The number of aryl methyl sites for hydroxylation is 2. The first kappa shape index (κ1) is 13.9. The number of nitrogens with one attached hydrogen (secondary N) is 1. The fourth-order valence-electron chi connectivity index (χ4n) is 2.72. The van der Waals surface area contributed by atoms with Crippen molar-refractivity contribution in [2.75, 3.05) is 0 Å². The van der Waals surface area contributed by atoms with Gasteiger partial charge >= 0.3 is 0 Å². The van der Waals surface area contributed by atoms with Gasteiger partial charge in [0, 0.05) is 22.2 Å². The van der Waals surface area contributed by atoms with Crippen LogP contribution in [-0.2, 0) is 0 Å². The zero-order valence-electron chi connectivity index (χ0n) is 12.7. The Bertz CT molecular complexity index is 1120. The summed E-state index contributed by atoms with van der Waals surface area (Å²) in [5, 5.41) is 7.95. The number of rotatable bonds is 2. The second-order valence-corrected chi connectivity index (χ2v) is 6.26. The van der Waals surface area contributed by atoms with Crippen LogP contribution in [0.15, 0.2) is 45.6 Å². The molecule has 0 fully saturated rings. The lowest BCUT2D eigenvalue weighted by Crippen LogP contribution is -2.19. The van der Waals surface area contributed by atoms with Gasteiger partial charge in [-0.15, -0.1) is 11.3 Å². The second-order valence-electron chi connectivity index (χ2n) is 5.37. The van der Waals surface area contributed by atoms with Gasteiger partial charge in [-0.1, -0.05) is 18.2 Å². The maximum atomic E-state index is 12.5. The van der Waals surface area contributed by atoms with Crippen LogP contribution in [0.5, 0.6) is 0 Å². The lowest BCUT2D eigenvalue weighted by atomic mass is 10.1. The van der Waals surface area contributed by atoms with Crippen LogP contribution in [0.25, 0.3) is 21.1 Å². The number of benzene rings is 1. The second kappa shape index (κ2) is 5.17. The van der Waals surface area contributed by atoms with E-state index in [-0.39, 0.29) is 5.56 Å². The van der Waals surface area contributed by atoms with Crippen LogP contribution in [-0.4, -0.2) is 20.9 Å². The summed E-state index contributed by atoms with van der Waals surface area (Å²) < 4.78 is 1.36. The van der Waals surface area contributed by atoms with E-state index in [0.29, 0.717) is 11.2 Å². The monoisotopic (exact) mass is 322 g/mol. The number of aromatic amines is 1. The van der Waals surface area contributed by atoms with E-state index in [4.69, 9.17) is 0 Å². The molecule has 0 saturated heterocycles. The summed E-state index contributed by atoms with van der Waals surface area (Å²) in [7, 11) is 0. The Kier molecular flexibility index (Phi) is 3.12. The first-order valence-corrected chi connectivity index (χ1v) is 8.11. The standard InChI is InChI=1S/C17H14N4OS/c1-10-14(12-5-3-4-6-15(12)19-10)9-18-21-11(2)20-16-13(17(21)22)7-8-23-16/h3-9,19H,1-2H3/b18-9+. The predicted octanol–water partition coefficient (Wildman–Crippen LogP) is 3.44. The third-order valence-corrected chi connectivity index (χ3v) is 4.69. The number of thiophene rings is 1. The Morgan fingerprint density at radius 1 is 1.22 bits per heavy atom. The Morgan fingerprint density at radius 2 is 2.04 bits per heavy atom. The highest BCUT2D eigenvalue weighted by atomic mass is 32.1. The van der Waals surface area contributed by atoms with Gasteiger partial charge in [0.25, 0.3) is 5.56 Å². The van der Waals surface area contributed by atoms with Gasteiger partial charge in [-0.3, -0.25) is 4.79 Å². The van der Waals surface area contributed by atoms with Crippen molar-refractivity contribution in [2.24, 2.45) is 5.10 Å². The van der Waals surface area contributed by atoms with Gasteiger partial charge < -0.3 is 4.98 Å². The molecule has 1 N–H and O–H groups in total. The van der Waals surface area contributed by atoms with Crippen LogP contribution in [0.4, 0.5) is 0 Å². The first-order chi connectivity index (χ1) is 11.1. The molecule has 0 aliphatic carbocycles. The molecule has 0 saturated carbocycles. The Morgan fingerprint density at radius 3 is 2.91 bits per heavy atom. The number of aromatic nitrogens is 3. The van der Waals surface area contributed by atoms with Gasteiger partial charge in [0.05, 0.1) is 11.6 Å². The summed E-state index contributed by atoms with van der Waals surface area (Å²) in [4.78, 5) is 21.0. The van der Waals surface area contributed by atoms with E-state index < -0.39 is 0 Å². The minimum Gasteiger partial charge on any atom is -0.358 e. The average molecular weight is 322 g/mol. The molecule has 0 bridgehead atoms. The number of H-pyrrole nitrogens is 1. The lowest BCUT2D eigenvalue weighted by Gasteiger charge is -2.02. The topological polar surface area (TPSA) is 63.0 Å². The van der Waals surface area contributed by atoms with E-state index in [1.807, 2.05) is 36.6 Å². The molecular formula is C17H14N4OS. The summed E-state index contributed by atoms with van der Waals surface area (Å²) in [5.41, 5.74) is 2.92. The zero-order valence-corrected chi connectivity index (χ0v) is 13.5. The highest BCUT2D eigenvalue weighted by molar-refractivity contribution is 7.16. The molecule has 0 aliphatic heterocycles. The Labute approximate surface area is 135 Å². The van der Waals surface area contributed by atoms with Crippen LogP contribution in [0, 0.1) is 13.8 Å². The van der Waals surface area contributed by atoms with Crippen molar-refractivity contribution in [2.45, 2.75) is 13.8 Å². The fourth-order valence-corrected chi connectivity index (χ4v) is 3.52. The highest BCUT2D eigenvalue weighted by Gasteiger charge is 2.09. The van der Waals surface area contributed by atoms with E-state index in [0.717, 1.165) is 27.0 Å². The number of para-hydroxylation sites is 1. The molecule has 0 spiro atoms. The average Bonchev–Trinajstić information content (AvgIpc) is 3.11. The zero-order chi connectivity index (χ0) is 16.0. The van der Waals surface area contributed by atoms with Crippen LogP contribution < -0.4 is 5.56 Å². The third-order valence-electron chi connectivity index (χ3n) is 3.88. The largest absolute Gasteiger partial charge is 0.358 e. The van der Waals surface area contributed by atoms with Crippen LogP contribution in [0.3, 0.4) is 0 Å². The number of fused-ring (bicyclic) bond motifs is 2. The molecular weight excluding hydrogens is 308 g/mol. The molecule has 3 heterocycles. The first-order valence-electron chi connectivity index (χ1n) is 7.23. The molecule has 4 aromatic rings.